The van der Waals surface area contributed by atoms with Crippen LogP contribution in [0.3, 0.4) is 0 Å². The SMILES string of the molecule is O=[N+]([O-])c1cc(Br)cc(CNCCO)c1. The minimum Gasteiger partial charge on any atom is -0.395 e. The molecule has 0 aliphatic rings. The number of halogens is 1. The molecule has 82 valence electrons. The van der Waals surface area contributed by atoms with Crippen LogP contribution >= 0.6 is 15.9 Å². The van der Waals surface area contributed by atoms with Crippen LogP contribution in [0, 0.1) is 10.1 Å². The zero-order chi connectivity index (χ0) is 11.3. The van der Waals surface area contributed by atoms with Gasteiger partial charge in [-0.1, -0.05) is 15.9 Å². The van der Waals surface area contributed by atoms with Gasteiger partial charge in [0.1, 0.15) is 0 Å². The monoisotopic (exact) mass is 274 g/mol. The van der Waals surface area contributed by atoms with Crippen LogP contribution in [0.4, 0.5) is 5.69 Å². The Kier molecular flexibility index (Phi) is 4.67. The third-order valence-electron chi connectivity index (χ3n) is 1.77. The highest BCUT2D eigenvalue weighted by Gasteiger charge is 2.08. The molecule has 6 heteroatoms. The van der Waals surface area contributed by atoms with Crippen LogP contribution in [0.2, 0.25) is 0 Å². The van der Waals surface area contributed by atoms with Crippen molar-refractivity contribution in [3.8, 4) is 0 Å². The summed E-state index contributed by atoms with van der Waals surface area (Å²) in [6.07, 6.45) is 0. The van der Waals surface area contributed by atoms with Crippen molar-refractivity contribution in [2.45, 2.75) is 6.54 Å². The second-order valence-corrected chi connectivity index (χ2v) is 3.89. The third kappa shape index (κ3) is 3.94. The number of benzene rings is 1. The lowest BCUT2D eigenvalue weighted by Crippen LogP contribution is -2.17. The molecule has 15 heavy (non-hydrogen) atoms. The van der Waals surface area contributed by atoms with Crippen molar-refractivity contribution in [2.24, 2.45) is 0 Å². The fraction of sp³-hybridized carbons (Fsp3) is 0.333. The molecule has 0 unspecified atom stereocenters. The number of hydrogen-bond donors (Lipinski definition) is 2. The summed E-state index contributed by atoms with van der Waals surface area (Å²) in [6, 6.07) is 4.77. The van der Waals surface area contributed by atoms with E-state index in [4.69, 9.17) is 5.11 Å². The summed E-state index contributed by atoms with van der Waals surface area (Å²) in [5.41, 5.74) is 0.870. The van der Waals surface area contributed by atoms with Gasteiger partial charge < -0.3 is 10.4 Å². The number of nitrogens with zero attached hydrogens (tertiary/aromatic N) is 1. The predicted molar refractivity (Wildman–Crippen MR) is 59.6 cm³/mol. The molecule has 0 fully saturated rings. The molecule has 0 saturated heterocycles. The standard InChI is InChI=1S/C9H11BrN2O3/c10-8-3-7(6-11-1-2-13)4-9(5-8)12(14)15/h3-5,11,13H,1-2,6H2. The Hall–Kier alpha value is -0.980. The maximum Gasteiger partial charge on any atom is 0.270 e. The smallest absolute Gasteiger partial charge is 0.270 e. The topological polar surface area (TPSA) is 75.4 Å². The van der Waals surface area contributed by atoms with E-state index in [9.17, 15) is 10.1 Å². The van der Waals surface area contributed by atoms with Gasteiger partial charge >= 0.3 is 0 Å². The molecule has 1 aromatic carbocycles. The Balaban J connectivity index is 2.75. The molecule has 0 heterocycles. The first-order valence-corrected chi connectivity index (χ1v) is 5.18. The number of nitro benzene ring substituents is 1. The van der Waals surface area contributed by atoms with E-state index in [-0.39, 0.29) is 12.3 Å². The minimum absolute atomic E-state index is 0.0517. The summed E-state index contributed by atoms with van der Waals surface area (Å²) in [7, 11) is 0. The molecule has 1 aromatic rings. The van der Waals surface area contributed by atoms with Crippen LogP contribution in [0.15, 0.2) is 22.7 Å². The first kappa shape index (κ1) is 12.1. The zero-order valence-corrected chi connectivity index (χ0v) is 9.53. The van der Waals surface area contributed by atoms with Gasteiger partial charge in [0.25, 0.3) is 5.69 Å². The summed E-state index contributed by atoms with van der Waals surface area (Å²) in [6.45, 7) is 1.03. The molecule has 0 radical (unpaired) electrons. The van der Waals surface area contributed by atoms with Gasteiger partial charge in [0.15, 0.2) is 0 Å². The number of non-ortho nitro benzene ring substituents is 1. The van der Waals surface area contributed by atoms with Gasteiger partial charge in [-0.25, -0.2) is 0 Å². The van der Waals surface area contributed by atoms with Crippen LogP contribution in [0.1, 0.15) is 5.56 Å². The highest BCUT2D eigenvalue weighted by atomic mass is 79.9. The summed E-state index contributed by atoms with van der Waals surface area (Å²) in [5.74, 6) is 0. The third-order valence-corrected chi connectivity index (χ3v) is 2.23. The maximum atomic E-state index is 10.6. The van der Waals surface area contributed by atoms with Crippen molar-refractivity contribution in [3.05, 3.63) is 38.3 Å². The molecule has 0 aliphatic carbocycles. The Morgan fingerprint density at radius 2 is 2.20 bits per heavy atom. The van der Waals surface area contributed by atoms with Crippen molar-refractivity contribution in [3.63, 3.8) is 0 Å². The predicted octanol–water partition coefficient (Wildman–Crippen LogP) is 1.44. The average molecular weight is 275 g/mol. The lowest BCUT2D eigenvalue weighted by Gasteiger charge is -2.03. The van der Waals surface area contributed by atoms with E-state index in [0.29, 0.717) is 17.6 Å². The molecule has 0 spiro atoms. The number of hydrogen-bond acceptors (Lipinski definition) is 4. The Bertz CT molecular complexity index is 357. The van der Waals surface area contributed by atoms with Crippen LogP contribution in [0.25, 0.3) is 0 Å². The van der Waals surface area contributed by atoms with Crippen LogP contribution < -0.4 is 5.32 Å². The van der Waals surface area contributed by atoms with Crippen molar-refractivity contribution < 1.29 is 10.0 Å². The molecule has 1 rings (SSSR count). The number of aliphatic hydroxyl groups excluding tert-OH is 1. The van der Waals surface area contributed by atoms with E-state index >= 15 is 0 Å². The number of nitro groups is 1. The second-order valence-electron chi connectivity index (χ2n) is 2.98. The number of rotatable bonds is 5. The lowest BCUT2D eigenvalue weighted by atomic mass is 10.2. The molecule has 0 amide bonds. The zero-order valence-electron chi connectivity index (χ0n) is 7.94. The lowest BCUT2D eigenvalue weighted by molar-refractivity contribution is -0.385. The molecule has 2 N–H and O–H groups in total. The number of aliphatic hydroxyl groups is 1. The van der Waals surface area contributed by atoms with Gasteiger partial charge in [-0.2, -0.15) is 0 Å². The fourth-order valence-electron chi connectivity index (χ4n) is 1.15. The van der Waals surface area contributed by atoms with Crippen molar-refractivity contribution in [1.29, 1.82) is 0 Å². The maximum absolute atomic E-state index is 10.6. The van der Waals surface area contributed by atoms with E-state index in [1.165, 1.54) is 12.1 Å². The molecule has 0 bridgehead atoms. The van der Waals surface area contributed by atoms with Gasteiger partial charge in [-0.3, -0.25) is 10.1 Å². The van der Waals surface area contributed by atoms with Gasteiger partial charge in [0.05, 0.1) is 11.5 Å². The average Bonchev–Trinajstić information content (AvgIpc) is 2.17. The van der Waals surface area contributed by atoms with E-state index in [2.05, 4.69) is 21.2 Å². The Morgan fingerprint density at radius 1 is 1.47 bits per heavy atom. The normalized spacial score (nSPS) is 10.3. The largest absolute Gasteiger partial charge is 0.395 e. The van der Waals surface area contributed by atoms with Crippen molar-refractivity contribution in [2.75, 3.05) is 13.2 Å². The Morgan fingerprint density at radius 3 is 2.80 bits per heavy atom. The van der Waals surface area contributed by atoms with E-state index < -0.39 is 4.92 Å². The van der Waals surface area contributed by atoms with E-state index in [0.717, 1.165) is 5.56 Å². The minimum atomic E-state index is -0.430. The highest BCUT2D eigenvalue weighted by molar-refractivity contribution is 9.10. The first-order chi connectivity index (χ1) is 7.13. The Labute approximate surface area is 95.4 Å². The second kappa shape index (κ2) is 5.79. The summed E-state index contributed by atoms with van der Waals surface area (Å²) in [4.78, 5) is 10.1. The van der Waals surface area contributed by atoms with Crippen molar-refractivity contribution >= 4 is 21.6 Å². The quantitative estimate of drug-likeness (QED) is 0.484. The summed E-state index contributed by atoms with van der Waals surface area (Å²) >= 11 is 3.21. The van der Waals surface area contributed by atoms with Gasteiger partial charge in [0.2, 0.25) is 0 Å². The summed E-state index contributed by atoms with van der Waals surface area (Å²) in [5, 5.41) is 22.1. The molecule has 0 aliphatic heterocycles. The first-order valence-electron chi connectivity index (χ1n) is 4.39. The fourth-order valence-corrected chi connectivity index (χ4v) is 1.68. The summed E-state index contributed by atoms with van der Waals surface area (Å²) < 4.78 is 0.678. The van der Waals surface area contributed by atoms with Gasteiger partial charge in [-0.15, -0.1) is 0 Å². The van der Waals surface area contributed by atoms with Gasteiger partial charge in [-0.05, 0) is 11.6 Å². The van der Waals surface area contributed by atoms with Crippen LogP contribution in [0.5, 0.6) is 0 Å². The molecule has 0 saturated carbocycles. The number of nitrogens with one attached hydrogen (secondary N) is 1. The molecule has 5 nitrogen and oxygen atoms in total. The molecule has 0 aromatic heterocycles. The van der Waals surface area contributed by atoms with E-state index in [1.807, 2.05) is 0 Å². The molecular formula is C9H11BrN2O3. The van der Waals surface area contributed by atoms with Crippen molar-refractivity contribution in [1.82, 2.24) is 5.32 Å². The van der Waals surface area contributed by atoms with Crippen LogP contribution in [-0.4, -0.2) is 23.2 Å². The van der Waals surface area contributed by atoms with Crippen LogP contribution in [-0.2, 0) is 6.54 Å². The molecule has 0 atom stereocenters. The van der Waals surface area contributed by atoms with E-state index in [1.54, 1.807) is 6.07 Å². The molecular weight excluding hydrogens is 264 g/mol. The van der Waals surface area contributed by atoms with Gasteiger partial charge in [0, 0.05) is 29.7 Å². The highest BCUT2D eigenvalue weighted by Crippen LogP contribution is 2.21.